The molecule has 4 unspecified atom stereocenters. The van der Waals surface area contributed by atoms with Crippen molar-refractivity contribution >= 4 is 0 Å². The van der Waals surface area contributed by atoms with E-state index < -0.39 is 5.66 Å². The molecule has 0 aromatic carbocycles. The molecule has 2 aliphatic carbocycles. The normalized spacial score (nSPS) is 47.1. The number of hydrogen-bond acceptors (Lipinski definition) is 2. The maximum Gasteiger partial charge on any atom is 0.0689 e. The zero-order chi connectivity index (χ0) is 14.2. The van der Waals surface area contributed by atoms with Crippen LogP contribution in [-0.4, -0.2) is 5.66 Å². The van der Waals surface area contributed by atoms with Crippen molar-refractivity contribution in [2.45, 2.75) is 71.9 Å². The lowest BCUT2D eigenvalue weighted by atomic mass is 9.65. The van der Waals surface area contributed by atoms with Crippen molar-refractivity contribution in [2.24, 2.45) is 47.0 Å². The van der Waals surface area contributed by atoms with Crippen LogP contribution in [-0.2, 0) is 0 Å². The van der Waals surface area contributed by atoms with E-state index in [1.807, 2.05) is 0 Å². The van der Waals surface area contributed by atoms with Crippen LogP contribution in [0.5, 0.6) is 0 Å². The summed E-state index contributed by atoms with van der Waals surface area (Å²) in [5, 5.41) is 0. The summed E-state index contributed by atoms with van der Waals surface area (Å²) in [6, 6.07) is 0. The molecule has 2 rings (SSSR count). The lowest BCUT2D eigenvalue weighted by Crippen LogP contribution is -2.62. The van der Waals surface area contributed by atoms with Gasteiger partial charge in [-0.2, -0.15) is 0 Å². The second kappa shape index (κ2) is 5.73. The Morgan fingerprint density at radius 3 is 1.63 bits per heavy atom. The highest BCUT2D eigenvalue weighted by Gasteiger charge is 2.41. The topological polar surface area (TPSA) is 52.0 Å². The predicted molar refractivity (Wildman–Crippen MR) is 82.4 cm³/mol. The first-order chi connectivity index (χ1) is 8.79. The quantitative estimate of drug-likeness (QED) is 0.748. The highest BCUT2D eigenvalue weighted by molar-refractivity contribution is 4.95. The highest BCUT2D eigenvalue weighted by Crippen LogP contribution is 2.43. The van der Waals surface area contributed by atoms with Gasteiger partial charge in [0.1, 0.15) is 0 Å². The molecule has 2 heteroatoms. The van der Waals surface area contributed by atoms with Gasteiger partial charge in [-0.15, -0.1) is 0 Å². The minimum atomic E-state index is -0.441. The van der Waals surface area contributed by atoms with E-state index in [2.05, 4.69) is 27.7 Å². The molecule has 2 nitrogen and oxygen atoms in total. The van der Waals surface area contributed by atoms with E-state index in [0.717, 1.165) is 23.7 Å². The Bertz CT molecular complexity index is 276. The zero-order valence-electron chi connectivity index (χ0n) is 13.4. The summed E-state index contributed by atoms with van der Waals surface area (Å²) >= 11 is 0. The van der Waals surface area contributed by atoms with Crippen molar-refractivity contribution in [3.63, 3.8) is 0 Å². The minimum absolute atomic E-state index is 0.441. The monoisotopic (exact) mass is 266 g/mol. The van der Waals surface area contributed by atoms with E-state index in [4.69, 9.17) is 11.5 Å². The van der Waals surface area contributed by atoms with Gasteiger partial charge in [-0.1, -0.05) is 27.7 Å². The summed E-state index contributed by atoms with van der Waals surface area (Å²) in [4.78, 5) is 0. The van der Waals surface area contributed by atoms with Crippen LogP contribution >= 0.6 is 0 Å². The van der Waals surface area contributed by atoms with Gasteiger partial charge in [0.2, 0.25) is 0 Å². The molecule has 0 aliphatic heterocycles. The molecule has 2 aliphatic rings. The van der Waals surface area contributed by atoms with Crippen LogP contribution in [0.4, 0.5) is 0 Å². The SMILES string of the molecule is CC1CC(C)CC(CC2CC(C)C(N)(N)C(C)C2)C1. The third-order valence-electron chi connectivity index (χ3n) is 6.02. The largest absolute Gasteiger partial charge is 0.313 e. The van der Waals surface area contributed by atoms with E-state index in [1.165, 1.54) is 38.5 Å². The summed E-state index contributed by atoms with van der Waals surface area (Å²) < 4.78 is 0. The average Bonchev–Trinajstić information content (AvgIpc) is 2.25. The van der Waals surface area contributed by atoms with E-state index in [-0.39, 0.29) is 0 Å². The van der Waals surface area contributed by atoms with E-state index in [1.54, 1.807) is 0 Å². The van der Waals surface area contributed by atoms with Gasteiger partial charge in [-0.25, -0.2) is 0 Å². The van der Waals surface area contributed by atoms with E-state index in [0.29, 0.717) is 11.8 Å². The van der Waals surface area contributed by atoms with Gasteiger partial charge in [0.25, 0.3) is 0 Å². The maximum absolute atomic E-state index is 6.28. The maximum atomic E-state index is 6.28. The molecule has 0 aromatic rings. The van der Waals surface area contributed by atoms with Crippen LogP contribution in [0.1, 0.15) is 66.2 Å². The summed E-state index contributed by atoms with van der Waals surface area (Å²) in [5.41, 5.74) is 12.1. The van der Waals surface area contributed by atoms with Crippen LogP contribution in [0.2, 0.25) is 0 Å². The number of hydrogen-bond donors (Lipinski definition) is 2. The lowest BCUT2D eigenvalue weighted by Gasteiger charge is -2.46. The van der Waals surface area contributed by atoms with Gasteiger partial charge in [0.05, 0.1) is 5.66 Å². The number of nitrogens with two attached hydrogens (primary N) is 2. The third-order valence-corrected chi connectivity index (χ3v) is 6.02. The molecule has 2 fully saturated rings. The molecule has 0 radical (unpaired) electrons. The Morgan fingerprint density at radius 1 is 0.737 bits per heavy atom. The summed E-state index contributed by atoms with van der Waals surface area (Å²) in [5.74, 6) is 4.57. The first kappa shape index (κ1) is 15.3. The fourth-order valence-corrected chi connectivity index (χ4v) is 4.96. The van der Waals surface area contributed by atoms with Gasteiger partial charge in [-0.3, -0.25) is 0 Å². The second-order valence-corrected chi connectivity index (χ2v) is 8.16. The molecule has 4 atom stereocenters. The van der Waals surface area contributed by atoms with Crippen molar-refractivity contribution < 1.29 is 0 Å². The molecular weight excluding hydrogens is 232 g/mol. The van der Waals surface area contributed by atoms with E-state index >= 15 is 0 Å². The Balaban J connectivity index is 1.90. The molecule has 0 heterocycles. The van der Waals surface area contributed by atoms with Crippen LogP contribution < -0.4 is 11.5 Å². The first-order valence-electron chi connectivity index (χ1n) is 8.36. The molecule has 0 saturated heterocycles. The predicted octanol–water partition coefficient (Wildman–Crippen LogP) is 3.74. The standard InChI is InChI=1S/C17H34N2/c1-11-5-12(2)7-15(6-11)10-16-8-13(3)17(18,19)14(4)9-16/h11-16H,5-10,18-19H2,1-4H3. The Labute approximate surface area is 119 Å². The Morgan fingerprint density at radius 2 is 1.16 bits per heavy atom. The van der Waals surface area contributed by atoms with Gasteiger partial charge < -0.3 is 11.5 Å². The van der Waals surface area contributed by atoms with Gasteiger partial charge >= 0.3 is 0 Å². The smallest absolute Gasteiger partial charge is 0.0689 e. The summed E-state index contributed by atoms with van der Waals surface area (Å²) in [6.07, 6.45) is 8.20. The van der Waals surface area contributed by atoms with Crippen molar-refractivity contribution in [2.75, 3.05) is 0 Å². The second-order valence-electron chi connectivity index (χ2n) is 8.16. The van der Waals surface area contributed by atoms with Crippen molar-refractivity contribution in [3.05, 3.63) is 0 Å². The van der Waals surface area contributed by atoms with Crippen LogP contribution in [0, 0.1) is 35.5 Å². The fourth-order valence-electron chi connectivity index (χ4n) is 4.96. The molecule has 2 saturated carbocycles. The highest BCUT2D eigenvalue weighted by atomic mass is 15.0. The fraction of sp³-hybridized carbons (Fsp3) is 1.00. The van der Waals surface area contributed by atoms with Gasteiger partial charge in [0, 0.05) is 0 Å². The van der Waals surface area contributed by atoms with Crippen molar-refractivity contribution in [1.29, 1.82) is 0 Å². The molecule has 0 bridgehead atoms. The molecular formula is C17H34N2. The average molecular weight is 266 g/mol. The van der Waals surface area contributed by atoms with E-state index in [9.17, 15) is 0 Å². The van der Waals surface area contributed by atoms with Crippen LogP contribution in [0.15, 0.2) is 0 Å². The van der Waals surface area contributed by atoms with Crippen molar-refractivity contribution in [3.8, 4) is 0 Å². The van der Waals surface area contributed by atoms with Gasteiger partial charge in [-0.05, 0) is 74.0 Å². The van der Waals surface area contributed by atoms with Crippen LogP contribution in [0.25, 0.3) is 0 Å². The summed E-state index contributed by atoms with van der Waals surface area (Å²) in [6.45, 7) is 9.35. The third kappa shape index (κ3) is 3.52. The van der Waals surface area contributed by atoms with Crippen molar-refractivity contribution in [1.82, 2.24) is 0 Å². The molecule has 4 N–H and O–H groups in total. The molecule has 0 aromatic heterocycles. The molecule has 19 heavy (non-hydrogen) atoms. The van der Waals surface area contributed by atoms with Crippen LogP contribution in [0.3, 0.4) is 0 Å². The molecule has 112 valence electrons. The summed E-state index contributed by atoms with van der Waals surface area (Å²) in [7, 11) is 0. The zero-order valence-corrected chi connectivity index (χ0v) is 13.4. The lowest BCUT2D eigenvalue weighted by molar-refractivity contribution is 0.0742. The Kier molecular flexibility index (Phi) is 4.62. The first-order valence-corrected chi connectivity index (χ1v) is 8.36. The minimum Gasteiger partial charge on any atom is -0.313 e. The number of rotatable bonds is 2. The Hall–Kier alpha value is -0.0800. The molecule has 0 amide bonds. The molecule has 0 spiro atoms. The van der Waals surface area contributed by atoms with Gasteiger partial charge in [0.15, 0.2) is 0 Å².